The molecule has 118 valence electrons. The average Bonchev–Trinajstić information content (AvgIpc) is 2.44. The fourth-order valence-corrected chi connectivity index (χ4v) is 3.48. The lowest BCUT2D eigenvalue weighted by atomic mass is 9.74. The second-order valence-electron chi connectivity index (χ2n) is 6.11. The largest absolute Gasteiger partial charge is 0.507 e. The van der Waals surface area contributed by atoms with Crippen LogP contribution in [0.1, 0.15) is 48.9 Å². The third kappa shape index (κ3) is 2.73. The highest BCUT2D eigenvalue weighted by Crippen LogP contribution is 2.44. The van der Waals surface area contributed by atoms with Crippen LogP contribution < -0.4 is 10.1 Å². The summed E-state index contributed by atoms with van der Waals surface area (Å²) in [6.45, 7) is -0.489. The molecule has 1 spiro atoms. The van der Waals surface area contributed by atoms with E-state index in [-0.39, 0.29) is 28.4 Å². The van der Waals surface area contributed by atoms with Crippen molar-refractivity contribution in [3.05, 3.63) is 17.7 Å². The summed E-state index contributed by atoms with van der Waals surface area (Å²) in [5.74, 6) is -1.09. The molecule has 3 rings (SSSR count). The number of Topliss-reactive ketones (excluding diaryl/α,β-unsaturated/α-hetero) is 1. The molecule has 1 aliphatic carbocycles. The normalized spacial score (nSPS) is 19.4. The van der Waals surface area contributed by atoms with Gasteiger partial charge in [0.2, 0.25) is 0 Å². The van der Waals surface area contributed by atoms with Crippen molar-refractivity contribution >= 4 is 17.4 Å². The number of benzene rings is 1. The highest BCUT2D eigenvalue weighted by Gasteiger charge is 2.40. The summed E-state index contributed by atoms with van der Waals surface area (Å²) in [7, 11) is 0. The Morgan fingerprint density at radius 3 is 2.68 bits per heavy atom. The molecule has 0 unspecified atom stereocenters. The minimum atomic E-state index is -1.09. The molecular weight excluding hydrogens is 286 g/mol. The van der Waals surface area contributed by atoms with Crippen molar-refractivity contribution in [2.24, 2.45) is 0 Å². The van der Waals surface area contributed by atoms with Crippen LogP contribution in [0, 0.1) is 0 Å². The van der Waals surface area contributed by atoms with E-state index in [0.29, 0.717) is 12.1 Å². The minimum absolute atomic E-state index is 0.0714. The average molecular weight is 305 g/mol. The van der Waals surface area contributed by atoms with Gasteiger partial charge in [-0.1, -0.05) is 19.3 Å². The molecule has 1 heterocycles. The van der Waals surface area contributed by atoms with Crippen molar-refractivity contribution < 1.29 is 24.5 Å². The Kier molecular flexibility index (Phi) is 3.68. The number of aliphatic carboxylic acids is 1. The third-order valence-electron chi connectivity index (χ3n) is 4.44. The maximum Gasteiger partial charge on any atom is 0.341 e. The summed E-state index contributed by atoms with van der Waals surface area (Å²) < 4.78 is 5.11. The first kappa shape index (κ1) is 14.7. The molecule has 0 bridgehead atoms. The molecule has 1 fully saturated rings. The quantitative estimate of drug-likeness (QED) is 0.794. The first-order valence-corrected chi connectivity index (χ1v) is 7.52. The second-order valence-corrected chi connectivity index (χ2v) is 6.11. The van der Waals surface area contributed by atoms with Gasteiger partial charge in [0.25, 0.3) is 0 Å². The summed E-state index contributed by atoms with van der Waals surface area (Å²) >= 11 is 0. The number of ketones is 1. The lowest BCUT2D eigenvalue weighted by Gasteiger charge is -2.42. The van der Waals surface area contributed by atoms with Crippen molar-refractivity contribution in [1.29, 1.82) is 0 Å². The zero-order valence-electron chi connectivity index (χ0n) is 12.2. The summed E-state index contributed by atoms with van der Waals surface area (Å²) in [5.41, 5.74) is 0.581. The molecule has 6 heteroatoms. The number of hydrogen-bond donors (Lipinski definition) is 3. The summed E-state index contributed by atoms with van der Waals surface area (Å²) in [6.07, 6.45) is 5.59. The predicted octanol–water partition coefficient (Wildman–Crippen LogP) is 2.56. The third-order valence-corrected chi connectivity index (χ3v) is 4.44. The number of fused-ring (bicyclic) bond motifs is 1. The van der Waals surface area contributed by atoms with E-state index in [1.165, 1.54) is 12.5 Å². The van der Waals surface area contributed by atoms with Gasteiger partial charge >= 0.3 is 5.97 Å². The van der Waals surface area contributed by atoms with Crippen LogP contribution in [-0.2, 0) is 4.79 Å². The van der Waals surface area contributed by atoms with Gasteiger partial charge in [0.15, 0.2) is 12.4 Å². The van der Waals surface area contributed by atoms with E-state index in [1.54, 1.807) is 6.07 Å². The smallest absolute Gasteiger partial charge is 0.341 e. The Morgan fingerprint density at radius 2 is 2.00 bits per heavy atom. The second kappa shape index (κ2) is 5.51. The van der Waals surface area contributed by atoms with E-state index in [9.17, 15) is 14.7 Å². The molecule has 1 aromatic rings. The number of carbonyl (C=O) groups excluding carboxylic acids is 1. The SMILES string of the molecule is O=C(O)COc1cc(O)c2c(c1)NC1(CCCCC1)CC2=O. The number of phenols is 1. The first-order chi connectivity index (χ1) is 10.5. The van der Waals surface area contributed by atoms with Crippen LogP contribution in [-0.4, -0.2) is 34.1 Å². The van der Waals surface area contributed by atoms with Gasteiger partial charge in [-0.05, 0) is 12.8 Å². The fraction of sp³-hybridized carbons (Fsp3) is 0.500. The van der Waals surface area contributed by atoms with Crippen LogP contribution in [0.2, 0.25) is 0 Å². The molecule has 2 aliphatic rings. The molecule has 3 N–H and O–H groups in total. The van der Waals surface area contributed by atoms with Crippen LogP contribution in [0.25, 0.3) is 0 Å². The molecule has 6 nitrogen and oxygen atoms in total. The van der Waals surface area contributed by atoms with Crippen molar-refractivity contribution in [2.75, 3.05) is 11.9 Å². The van der Waals surface area contributed by atoms with Crippen molar-refractivity contribution in [1.82, 2.24) is 0 Å². The number of nitrogens with one attached hydrogen (secondary N) is 1. The van der Waals surface area contributed by atoms with Crippen molar-refractivity contribution in [3.8, 4) is 11.5 Å². The first-order valence-electron chi connectivity index (χ1n) is 7.52. The van der Waals surface area contributed by atoms with Gasteiger partial charge in [-0.25, -0.2) is 4.79 Å². The highest BCUT2D eigenvalue weighted by molar-refractivity contribution is 6.06. The molecule has 0 aromatic heterocycles. The van der Waals surface area contributed by atoms with Crippen LogP contribution >= 0.6 is 0 Å². The minimum Gasteiger partial charge on any atom is -0.507 e. The van der Waals surface area contributed by atoms with E-state index in [1.807, 2.05) is 0 Å². The standard InChI is InChI=1S/C16H19NO5/c18-12-7-10(22-9-14(20)21)6-11-15(12)13(19)8-16(17-11)4-2-1-3-5-16/h6-7,17-18H,1-5,8-9H2,(H,20,21). The Hall–Kier alpha value is -2.24. The number of carboxylic acid groups (broad SMARTS) is 1. The Morgan fingerprint density at radius 1 is 1.27 bits per heavy atom. The van der Waals surface area contributed by atoms with Gasteiger partial charge in [0.05, 0.1) is 11.3 Å². The number of carbonyl (C=O) groups is 2. The van der Waals surface area contributed by atoms with Crippen LogP contribution in [0.3, 0.4) is 0 Å². The van der Waals surface area contributed by atoms with Gasteiger partial charge in [0.1, 0.15) is 11.5 Å². The number of phenolic OH excluding ortho intramolecular Hbond substituents is 1. The topological polar surface area (TPSA) is 95.9 Å². The zero-order chi connectivity index (χ0) is 15.7. The van der Waals surface area contributed by atoms with E-state index in [2.05, 4.69) is 5.32 Å². The van der Waals surface area contributed by atoms with E-state index >= 15 is 0 Å². The molecular formula is C16H19NO5. The molecule has 0 saturated heterocycles. The van der Waals surface area contributed by atoms with Gasteiger partial charge in [-0.15, -0.1) is 0 Å². The van der Waals surface area contributed by atoms with Crippen LogP contribution in [0.5, 0.6) is 11.5 Å². The maximum absolute atomic E-state index is 12.4. The molecule has 1 aromatic carbocycles. The van der Waals surface area contributed by atoms with Gasteiger partial charge < -0.3 is 20.3 Å². The van der Waals surface area contributed by atoms with Crippen molar-refractivity contribution in [3.63, 3.8) is 0 Å². The van der Waals surface area contributed by atoms with Crippen molar-refractivity contribution in [2.45, 2.75) is 44.1 Å². The number of hydrogen-bond acceptors (Lipinski definition) is 5. The monoisotopic (exact) mass is 305 g/mol. The van der Waals surface area contributed by atoms with E-state index < -0.39 is 12.6 Å². The Balaban J connectivity index is 1.92. The molecule has 22 heavy (non-hydrogen) atoms. The highest BCUT2D eigenvalue weighted by atomic mass is 16.5. The van der Waals surface area contributed by atoms with Gasteiger partial charge in [-0.2, -0.15) is 0 Å². The number of rotatable bonds is 3. The molecule has 0 atom stereocenters. The van der Waals surface area contributed by atoms with Gasteiger partial charge in [0, 0.05) is 24.1 Å². The zero-order valence-corrected chi connectivity index (χ0v) is 12.2. The number of aromatic hydroxyl groups is 1. The number of ether oxygens (including phenoxy) is 1. The van der Waals surface area contributed by atoms with E-state index in [4.69, 9.17) is 9.84 Å². The Labute approximate surface area is 128 Å². The number of anilines is 1. The number of carboxylic acids is 1. The maximum atomic E-state index is 12.4. The summed E-state index contributed by atoms with van der Waals surface area (Å²) in [6, 6.07) is 2.89. The fourth-order valence-electron chi connectivity index (χ4n) is 3.48. The summed E-state index contributed by atoms with van der Waals surface area (Å²) in [4.78, 5) is 23.0. The molecule has 1 saturated carbocycles. The van der Waals surface area contributed by atoms with E-state index in [0.717, 1.165) is 25.7 Å². The Bertz CT molecular complexity index is 619. The molecule has 0 radical (unpaired) electrons. The van der Waals surface area contributed by atoms with Crippen LogP contribution in [0.4, 0.5) is 5.69 Å². The predicted molar refractivity (Wildman–Crippen MR) is 79.6 cm³/mol. The van der Waals surface area contributed by atoms with Gasteiger partial charge in [-0.3, -0.25) is 4.79 Å². The molecule has 1 aliphatic heterocycles. The summed E-state index contributed by atoms with van der Waals surface area (Å²) in [5, 5.41) is 22.1. The van der Waals surface area contributed by atoms with Crippen LogP contribution in [0.15, 0.2) is 12.1 Å². The lowest BCUT2D eigenvalue weighted by molar-refractivity contribution is -0.139. The lowest BCUT2D eigenvalue weighted by Crippen LogP contribution is -2.45. The molecule has 0 amide bonds.